The van der Waals surface area contributed by atoms with E-state index in [0.717, 1.165) is 17.0 Å². The van der Waals surface area contributed by atoms with E-state index in [9.17, 15) is 18.4 Å². The first-order valence-corrected chi connectivity index (χ1v) is 8.42. The number of halogens is 2. The fourth-order valence-electron chi connectivity index (χ4n) is 3.07. The highest BCUT2D eigenvalue weighted by atomic mass is 19.1. The number of benzene rings is 1. The maximum absolute atomic E-state index is 14.7. The second kappa shape index (κ2) is 7.30. The molecule has 142 valence electrons. The lowest BCUT2D eigenvalue weighted by Crippen LogP contribution is -2.33. The monoisotopic (exact) mass is 375 g/mol. The Morgan fingerprint density at radius 2 is 1.81 bits per heavy atom. The van der Waals surface area contributed by atoms with E-state index in [2.05, 4.69) is 10.3 Å². The first-order chi connectivity index (χ1) is 12.7. The van der Waals surface area contributed by atoms with Crippen LogP contribution in [-0.4, -0.2) is 36.2 Å². The lowest BCUT2D eigenvalue weighted by atomic mass is 10.0. The Morgan fingerprint density at radius 1 is 1.22 bits per heavy atom. The number of aryl methyl sites for hydroxylation is 2. The Kier molecular flexibility index (Phi) is 5.07. The van der Waals surface area contributed by atoms with Gasteiger partial charge in [-0.1, -0.05) is 0 Å². The zero-order valence-corrected chi connectivity index (χ0v) is 15.2. The smallest absolute Gasteiger partial charge is 0.414 e. The van der Waals surface area contributed by atoms with Gasteiger partial charge in [-0.15, -0.1) is 0 Å². The second-order valence-electron chi connectivity index (χ2n) is 6.48. The predicted octanol–water partition coefficient (Wildman–Crippen LogP) is 3.10. The van der Waals surface area contributed by atoms with Crippen LogP contribution in [0.3, 0.4) is 0 Å². The lowest BCUT2D eigenvalue weighted by Gasteiger charge is -2.15. The Labute approximate surface area is 155 Å². The molecule has 1 N–H and O–H groups in total. The molecular weight excluding hydrogens is 356 g/mol. The van der Waals surface area contributed by atoms with Crippen LogP contribution in [0.1, 0.15) is 18.3 Å². The minimum atomic E-state index is -0.784. The number of amides is 2. The summed E-state index contributed by atoms with van der Waals surface area (Å²) in [6.45, 7) is 5.06. The first-order valence-electron chi connectivity index (χ1n) is 8.42. The normalized spacial score (nSPS) is 16.4. The van der Waals surface area contributed by atoms with Crippen molar-refractivity contribution in [2.75, 3.05) is 18.0 Å². The summed E-state index contributed by atoms with van der Waals surface area (Å²) in [4.78, 5) is 28.4. The SMILES string of the molecule is CC(=O)NCC1CN(c2cc(F)c(-c3cc(C)nc(C)c3)c(F)c2)C(=O)O1. The van der Waals surface area contributed by atoms with E-state index < -0.39 is 23.8 Å². The van der Waals surface area contributed by atoms with Gasteiger partial charge >= 0.3 is 6.09 Å². The van der Waals surface area contributed by atoms with Gasteiger partial charge in [-0.3, -0.25) is 14.7 Å². The van der Waals surface area contributed by atoms with Crippen LogP contribution >= 0.6 is 0 Å². The van der Waals surface area contributed by atoms with Crippen molar-refractivity contribution >= 4 is 17.7 Å². The number of carbonyl (C=O) groups excluding carboxylic acids is 2. The van der Waals surface area contributed by atoms with Crippen LogP contribution in [0.5, 0.6) is 0 Å². The van der Waals surface area contributed by atoms with Gasteiger partial charge in [-0.25, -0.2) is 13.6 Å². The first kappa shape index (κ1) is 18.8. The maximum Gasteiger partial charge on any atom is 0.414 e. The summed E-state index contributed by atoms with van der Waals surface area (Å²) in [7, 11) is 0. The highest BCUT2D eigenvalue weighted by molar-refractivity contribution is 5.90. The highest BCUT2D eigenvalue weighted by Crippen LogP contribution is 2.32. The quantitative estimate of drug-likeness (QED) is 0.891. The zero-order valence-electron chi connectivity index (χ0n) is 15.2. The summed E-state index contributed by atoms with van der Waals surface area (Å²) >= 11 is 0. The van der Waals surface area contributed by atoms with E-state index in [1.165, 1.54) is 6.92 Å². The molecular formula is C19H19F2N3O3. The van der Waals surface area contributed by atoms with E-state index in [0.29, 0.717) is 17.0 Å². The van der Waals surface area contributed by atoms with Crippen molar-refractivity contribution < 1.29 is 23.1 Å². The largest absolute Gasteiger partial charge is 0.442 e. The molecule has 1 fully saturated rings. The number of hydrogen-bond acceptors (Lipinski definition) is 4. The number of pyridine rings is 1. The van der Waals surface area contributed by atoms with Crippen LogP contribution in [-0.2, 0) is 9.53 Å². The van der Waals surface area contributed by atoms with Gasteiger partial charge in [-0.05, 0) is 43.7 Å². The molecule has 0 saturated carbocycles. The molecule has 0 radical (unpaired) electrons. The molecule has 0 bridgehead atoms. The van der Waals surface area contributed by atoms with E-state index >= 15 is 0 Å². The summed E-state index contributed by atoms with van der Waals surface area (Å²) in [6, 6.07) is 5.40. The topological polar surface area (TPSA) is 71.5 Å². The predicted molar refractivity (Wildman–Crippen MR) is 95.4 cm³/mol. The van der Waals surface area contributed by atoms with Crippen LogP contribution in [0.4, 0.5) is 19.3 Å². The minimum Gasteiger partial charge on any atom is -0.442 e. The van der Waals surface area contributed by atoms with Crippen molar-refractivity contribution in [3.05, 3.63) is 47.3 Å². The maximum atomic E-state index is 14.7. The van der Waals surface area contributed by atoms with E-state index in [-0.39, 0.29) is 30.2 Å². The standard InChI is InChI=1S/C19H19F2N3O3/c1-10-4-13(5-11(2)23-10)18-16(20)6-14(7-17(18)21)24-9-15(27-19(24)26)8-22-12(3)25/h4-7,15H,8-9H2,1-3H3,(H,22,25). The molecule has 6 nitrogen and oxygen atoms in total. The van der Waals surface area contributed by atoms with Gasteiger partial charge in [0.15, 0.2) is 0 Å². The van der Waals surface area contributed by atoms with Gasteiger partial charge in [0.1, 0.15) is 17.7 Å². The molecule has 1 aromatic heterocycles. The van der Waals surface area contributed by atoms with Crippen molar-refractivity contribution in [3.8, 4) is 11.1 Å². The Morgan fingerprint density at radius 3 is 2.37 bits per heavy atom. The number of aromatic nitrogens is 1. The number of anilines is 1. The van der Waals surface area contributed by atoms with E-state index in [4.69, 9.17) is 4.74 Å². The average molecular weight is 375 g/mol. The van der Waals surface area contributed by atoms with Crippen LogP contribution < -0.4 is 10.2 Å². The molecule has 1 aromatic carbocycles. The van der Waals surface area contributed by atoms with Crippen molar-refractivity contribution in [1.29, 1.82) is 0 Å². The molecule has 27 heavy (non-hydrogen) atoms. The molecule has 0 aliphatic carbocycles. The fraction of sp³-hybridized carbons (Fsp3) is 0.316. The summed E-state index contributed by atoms with van der Waals surface area (Å²) in [5, 5.41) is 2.55. The Balaban J connectivity index is 1.89. The number of ether oxygens (including phenoxy) is 1. The summed E-state index contributed by atoms with van der Waals surface area (Å²) in [6.07, 6.45) is -1.30. The zero-order chi connectivity index (χ0) is 19.7. The number of nitrogens with one attached hydrogen (secondary N) is 1. The van der Waals surface area contributed by atoms with Crippen molar-refractivity contribution in [2.24, 2.45) is 0 Å². The lowest BCUT2D eigenvalue weighted by molar-refractivity contribution is -0.119. The van der Waals surface area contributed by atoms with Gasteiger partial charge in [0.05, 0.1) is 24.3 Å². The number of carbonyl (C=O) groups is 2. The van der Waals surface area contributed by atoms with Crippen LogP contribution in [0.2, 0.25) is 0 Å². The molecule has 1 unspecified atom stereocenters. The minimum absolute atomic E-state index is 0.0616. The molecule has 1 saturated heterocycles. The third-order valence-corrected chi connectivity index (χ3v) is 4.16. The van der Waals surface area contributed by atoms with Gasteiger partial charge in [-0.2, -0.15) is 0 Å². The third-order valence-electron chi connectivity index (χ3n) is 4.16. The average Bonchev–Trinajstić information content (AvgIpc) is 2.92. The Bertz CT molecular complexity index is 874. The molecule has 1 aliphatic heterocycles. The number of nitrogens with zero attached hydrogens (tertiary/aromatic N) is 2. The summed E-state index contributed by atoms with van der Waals surface area (Å²) in [5.41, 5.74) is 1.57. The molecule has 0 spiro atoms. The molecule has 3 rings (SSSR count). The Hall–Kier alpha value is -3.03. The van der Waals surface area contributed by atoms with Crippen molar-refractivity contribution in [1.82, 2.24) is 10.3 Å². The van der Waals surface area contributed by atoms with Gasteiger partial charge in [0.25, 0.3) is 0 Å². The van der Waals surface area contributed by atoms with Crippen LogP contribution in [0.25, 0.3) is 11.1 Å². The van der Waals surface area contributed by atoms with Crippen LogP contribution in [0, 0.1) is 25.5 Å². The third kappa shape index (κ3) is 4.05. The molecule has 1 atom stereocenters. The fourth-order valence-corrected chi connectivity index (χ4v) is 3.07. The number of hydrogen-bond donors (Lipinski definition) is 1. The highest BCUT2D eigenvalue weighted by Gasteiger charge is 2.33. The van der Waals surface area contributed by atoms with Gasteiger partial charge in [0, 0.05) is 18.3 Å². The van der Waals surface area contributed by atoms with Gasteiger partial charge < -0.3 is 10.1 Å². The summed E-state index contributed by atoms with van der Waals surface area (Å²) < 4.78 is 34.5. The van der Waals surface area contributed by atoms with Crippen molar-refractivity contribution in [2.45, 2.75) is 26.9 Å². The molecule has 2 aromatic rings. The van der Waals surface area contributed by atoms with Crippen LogP contribution in [0.15, 0.2) is 24.3 Å². The second-order valence-corrected chi connectivity index (χ2v) is 6.48. The molecule has 2 heterocycles. The molecule has 1 aliphatic rings. The molecule has 2 amide bonds. The van der Waals surface area contributed by atoms with E-state index in [1.807, 2.05) is 0 Å². The number of cyclic esters (lactones) is 1. The van der Waals surface area contributed by atoms with E-state index in [1.54, 1.807) is 26.0 Å². The summed E-state index contributed by atoms with van der Waals surface area (Å²) in [5.74, 6) is -1.82. The molecule has 8 heteroatoms. The van der Waals surface area contributed by atoms with Crippen molar-refractivity contribution in [3.63, 3.8) is 0 Å². The number of rotatable bonds is 4. The van der Waals surface area contributed by atoms with Gasteiger partial charge in [0.2, 0.25) is 5.91 Å².